The van der Waals surface area contributed by atoms with Gasteiger partial charge in [-0.25, -0.2) is 4.98 Å². The third-order valence-corrected chi connectivity index (χ3v) is 7.65. The SMILES string of the molecule is COCc1nc(C2(CC3CC3)CCN(C(=O)CCc3nc4ccccc4s3)CC2)no1. The van der Waals surface area contributed by atoms with Gasteiger partial charge >= 0.3 is 0 Å². The van der Waals surface area contributed by atoms with Crippen molar-refractivity contribution in [1.82, 2.24) is 20.0 Å². The molecule has 8 heteroatoms. The average molecular weight is 441 g/mol. The van der Waals surface area contributed by atoms with Crippen molar-refractivity contribution in [2.24, 2.45) is 5.92 Å². The molecule has 3 aromatic rings. The van der Waals surface area contributed by atoms with Crippen LogP contribution in [-0.4, -0.2) is 46.1 Å². The summed E-state index contributed by atoms with van der Waals surface area (Å²) in [7, 11) is 1.63. The molecule has 2 aliphatic rings. The molecule has 2 aromatic heterocycles. The summed E-state index contributed by atoms with van der Waals surface area (Å²) in [5.74, 6) is 2.30. The number of ether oxygens (including phenoxy) is 1. The van der Waals surface area contributed by atoms with E-state index in [-0.39, 0.29) is 11.3 Å². The standard InChI is InChI=1S/C23H28N4O3S/c1-29-15-19-25-22(26-30-19)23(14-16-6-7-16)10-12-27(13-11-23)21(28)9-8-20-24-17-4-2-3-5-18(17)31-20/h2-5,16H,6-15H2,1H3. The van der Waals surface area contributed by atoms with Crippen LogP contribution in [0, 0.1) is 5.92 Å². The molecule has 31 heavy (non-hydrogen) atoms. The number of hydrogen-bond donors (Lipinski definition) is 0. The Hall–Kier alpha value is -2.32. The third kappa shape index (κ3) is 4.50. The normalized spacial score (nSPS) is 18.5. The molecule has 3 heterocycles. The highest BCUT2D eigenvalue weighted by molar-refractivity contribution is 7.18. The molecular weight excluding hydrogens is 412 g/mol. The molecule has 2 fully saturated rings. The van der Waals surface area contributed by atoms with Crippen LogP contribution in [-0.2, 0) is 28.0 Å². The Morgan fingerprint density at radius 2 is 2.06 bits per heavy atom. The maximum atomic E-state index is 12.9. The Morgan fingerprint density at radius 3 is 2.81 bits per heavy atom. The van der Waals surface area contributed by atoms with Crippen molar-refractivity contribution in [3.8, 4) is 0 Å². The second kappa shape index (κ2) is 8.67. The van der Waals surface area contributed by atoms with Crippen molar-refractivity contribution in [3.63, 3.8) is 0 Å². The van der Waals surface area contributed by atoms with Crippen LogP contribution in [0.1, 0.15) is 55.2 Å². The topological polar surface area (TPSA) is 81.4 Å². The number of para-hydroxylation sites is 1. The number of amides is 1. The Labute approximate surface area is 185 Å². The molecular formula is C23H28N4O3S. The zero-order chi connectivity index (χ0) is 21.3. The molecule has 1 amide bonds. The van der Waals surface area contributed by atoms with Gasteiger partial charge in [0.2, 0.25) is 5.91 Å². The zero-order valence-corrected chi connectivity index (χ0v) is 18.7. The van der Waals surface area contributed by atoms with E-state index in [1.54, 1.807) is 18.4 Å². The molecule has 1 aliphatic heterocycles. The number of nitrogens with zero attached hydrogens (tertiary/aromatic N) is 4. The molecule has 1 saturated carbocycles. The van der Waals surface area contributed by atoms with Gasteiger partial charge in [0.15, 0.2) is 5.82 Å². The average Bonchev–Trinajstić information content (AvgIpc) is 3.30. The number of carbonyl (C=O) groups excluding carboxylic acids is 1. The van der Waals surface area contributed by atoms with Gasteiger partial charge in [0.1, 0.15) is 6.61 Å². The third-order valence-electron chi connectivity index (χ3n) is 6.55. The molecule has 0 spiro atoms. The minimum absolute atomic E-state index is 0.0829. The van der Waals surface area contributed by atoms with E-state index in [1.807, 2.05) is 23.1 Å². The van der Waals surface area contributed by atoms with E-state index < -0.39 is 0 Å². The summed E-state index contributed by atoms with van der Waals surface area (Å²) < 4.78 is 11.7. The number of aromatic nitrogens is 3. The number of carbonyl (C=O) groups is 1. The number of likely N-dealkylation sites (tertiary alicyclic amines) is 1. The van der Waals surface area contributed by atoms with E-state index in [4.69, 9.17) is 9.26 Å². The number of fused-ring (bicyclic) bond motifs is 1. The summed E-state index contributed by atoms with van der Waals surface area (Å²) in [4.78, 5) is 24.2. The first kappa shape index (κ1) is 20.6. The van der Waals surface area contributed by atoms with E-state index in [1.165, 1.54) is 17.5 Å². The lowest BCUT2D eigenvalue weighted by Gasteiger charge is -2.40. The Balaban J connectivity index is 1.21. The van der Waals surface area contributed by atoms with Crippen LogP contribution in [0.5, 0.6) is 0 Å². The van der Waals surface area contributed by atoms with Gasteiger partial charge in [-0.15, -0.1) is 11.3 Å². The molecule has 0 N–H and O–H groups in total. The second-order valence-electron chi connectivity index (χ2n) is 8.83. The lowest BCUT2D eigenvalue weighted by Crippen LogP contribution is -2.46. The quantitative estimate of drug-likeness (QED) is 0.524. The number of benzene rings is 1. The molecule has 0 radical (unpaired) electrons. The van der Waals surface area contributed by atoms with E-state index in [9.17, 15) is 4.79 Å². The van der Waals surface area contributed by atoms with Gasteiger partial charge in [-0.3, -0.25) is 4.79 Å². The van der Waals surface area contributed by atoms with Gasteiger partial charge < -0.3 is 14.2 Å². The Kier molecular flexibility index (Phi) is 5.75. The molecule has 1 aliphatic carbocycles. The van der Waals surface area contributed by atoms with E-state index >= 15 is 0 Å². The fourth-order valence-electron chi connectivity index (χ4n) is 4.63. The number of hydrogen-bond acceptors (Lipinski definition) is 7. The van der Waals surface area contributed by atoms with Crippen molar-refractivity contribution >= 4 is 27.5 Å². The van der Waals surface area contributed by atoms with Gasteiger partial charge in [0.05, 0.1) is 15.2 Å². The second-order valence-corrected chi connectivity index (χ2v) is 9.94. The Bertz CT molecular complexity index is 1020. The Morgan fingerprint density at radius 1 is 1.26 bits per heavy atom. The van der Waals surface area contributed by atoms with Crippen molar-refractivity contribution in [3.05, 3.63) is 41.0 Å². The summed E-state index contributed by atoms with van der Waals surface area (Å²) in [5.41, 5.74) is 0.936. The molecule has 0 unspecified atom stereocenters. The van der Waals surface area contributed by atoms with E-state index in [0.29, 0.717) is 25.3 Å². The predicted molar refractivity (Wildman–Crippen MR) is 118 cm³/mol. The van der Waals surface area contributed by atoms with Crippen LogP contribution in [0.4, 0.5) is 0 Å². The first-order valence-electron chi connectivity index (χ1n) is 11.1. The van der Waals surface area contributed by atoms with Crippen LogP contribution in [0.3, 0.4) is 0 Å². The van der Waals surface area contributed by atoms with Crippen molar-refractivity contribution < 1.29 is 14.1 Å². The summed E-state index contributed by atoms with van der Waals surface area (Å²) >= 11 is 1.68. The van der Waals surface area contributed by atoms with E-state index in [2.05, 4.69) is 21.2 Å². The highest BCUT2D eigenvalue weighted by atomic mass is 32.1. The van der Waals surface area contributed by atoms with Crippen LogP contribution in [0.2, 0.25) is 0 Å². The molecule has 7 nitrogen and oxygen atoms in total. The lowest BCUT2D eigenvalue weighted by molar-refractivity contribution is -0.132. The maximum absolute atomic E-state index is 12.9. The maximum Gasteiger partial charge on any atom is 0.252 e. The van der Waals surface area contributed by atoms with Crippen LogP contribution >= 0.6 is 11.3 Å². The molecule has 1 aromatic carbocycles. The fourth-order valence-corrected chi connectivity index (χ4v) is 5.60. The van der Waals surface area contributed by atoms with Gasteiger partial charge in [0.25, 0.3) is 5.89 Å². The van der Waals surface area contributed by atoms with Crippen molar-refractivity contribution in [2.75, 3.05) is 20.2 Å². The summed E-state index contributed by atoms with van der Waals surface area (Å²) in [6.07, 6.45) is 6.66. The number of thiazole rings is 1. The fraction of sp³-hybridized carbons (Fsp3) is 0.565. The van der Waals surface area contributed by atoms with Gasteiger partial charge in [0, 0.05) is 38.5 Å². The minimum Gasteiger partial charge on any atom is -0.375 e. The predicted octanol–water partition coefficient (Wildman–Crippen LogP) is 4.12. The molecule has 1 saturated heterocycles. The largest absolute Gasteiger partial charge is 0.375 e. The molecule has 0 bridgehead atoms. The number of rotatable bonds is 8. The van der Waals surface area contributed by atoms with Gasteiger partial charge in [-0.2, -0.15) is 4.98 Å². The monoisotopic (exact) mass is 440 g/mol. The van der Waals surface area contributed by atoms with Crippen molar-refractivity contribution in [2.45, 2.75) is 57.0 Å². The van der Waals surface area contributed by atoms with Gasteiger partial charge in [-0.1, -0.05) is 30.1 Å². The van der Waals surface area contributed by atoms with Gasteiger partial charge in [-0.05, 0) is 37.3 Å². The summed E-state index contributed by atoms with van der Waals surface area (Å²) in [6.45, 7) is 1.84. The summed E-state index contributed by atoms with van der Waals surface area (Å²) in [6, 6.07) is 8.13. The lowest BCUT2D eigenvalue weighted by atomic mass is 9.73. The highest BCUT2D eigenvalue weighted by Gasteiger charge is 2.44. The van der Waals surface area contributed by atoms with Crippen LogP contribution < -0.4 is 0 Å². The number of aryl methyl sites for hydroxylation is 1. The first-order chi connectivity index (χ1) is 15.1. The smallest absolute Gasteiger partial charge is 0.252 e. The molecule has 164 valence electrons. The molecule has 0 atom stereocenters. The van der Waals surface area contributed by atoms with Crippen molar-refractivity contribution in [1.29, 1.82) is 0 Å². The summed E-state index contributed by atoms with van der Waals surface area (Å²) in [5, 5.41) is 5.34. The first-order valence-corrected chi connectivity index (χ1v) is 11.9. The highest BCUT2D eigenvalue weighted by Crippen LogP contribution is 2.46. The van der Waals surface area contributed by atoms with E-state index in [0.717, 1.165) is 54.6 Å². The molecule has 5 rings (SSSR count). The zero-order valence-electron chi connectivity index (χ0n) is 17.9. The number of piperidine rings is 1. The van der Waals surface area contributed by atoms with Crippen LogP contribution in [0.25, 0.3) is 10.2 Å². The number of methoxy groups -OCH3 is 1. The van der Waals surface area contributed by atoms with Crippen LogP contribution in [0.15, 0.2) is 28.8 Å². The minimum atomic E-state index is -0.0829.